The minimum Gasteiger partial charge on any atom is -0.419 e. The number of fused-ring (bicyclic) bond motifs is 1. The maximum Gasteiger partial charge on any atom is 0.257 e. The number of ether oxygens (including phenoxy) is 1. The van der Waals surface area contributed by atoms with Crippen molar-refractivity contribution in [1.82, 2.24) is 15.1 Å². The van der Waals surface area contributed by atoms with Crippen LogP contribution >= 0.6 is 11.3 Å². The van der Waals surface area contributed by atoms with Gasteiger partial charge in [-0.25, -0.2) is 0 Å². The van der Waals surface area contributed by atoms with Crippen molar-refractivity contribution in [2.75, 3.05) is 32.1 Å². The zero-order valence-corrected chi connectivity index (χ0v) is 17.4. The third-order valence-electron chi connectivity index (χ3n) is 4.60. The van der Waals surface area contributed by atoms with Crippen molar-refractivity contribution in [3.63, 3.8) is 0 Å². The molecule has 0 aliphatic rings. The smallest absolute Gasteiger partial charge is 0.257 e. The number of amides is 1. The molecule has 1 amide bonds. The number of nitrogens with zero attached hydrogens (tertiary/aromatic N) is 3. The molecule has 30 heavy (non-hydrogen) atoms. The van der Waals surface area contributed by atoms with Gasteiger partial charge in [0.1, 0.15) is 0 Å². The average Bonchev–Trinajstić information content (AvgIpc) is 3.44. The second-order valence-corrected chi connectivity index (χ2v) is 7.70. The molecule has 7 nitrogen and oxygen atoms in total. The minimum absolute atomic E-state index is 0.111. The number of methoxy groups -OCH3 is 1. The fourth-order valence-corrected chi connectivity index (χ4v) is 3.81. The van der Waals surface area contributed by atoms with Crippen LogP contribution in [0.2, 0.25) is 0 Å². The lowest BCUT2D eigenvalue weighted by Crippen LogP contribution is -2.35. The van der Waals surface area contributed by atoms with Gasteiger partial charge in [-0.2, -0.15) is 0 Å². The molecule has 0 radical (unpaired) electrons. The molecule has 154 valence electrons. The third kappa shape index (κ3) is 4.91. The highest BCUT2D eigenvalue weighted by molar-refractivity contribution is 7.13. The van der Waals surface area contributed by atoms with Crippen LogP contribution in [0.5, 0.6) is 0 Å². The summed E-state index contributed by atoms with van der Waals surface area (Å²) in [7, 11) is 1.63. The molecule has 8 heteroatoms. The first-order chi connectivity index (χ1) is 14.7. The van der Waals surface area contributed by atoms with E-state index in [9.17, 15) is 4.79 Å². The van der Waals surface area contributed by atoms with Crippen LogP contribution < -0.4 is 5.32 Å². The number of rotatable bonds is 9. The number of carbonyl (C=O) groups is 1. The predicted molar refractivity (Wildman–Crippen MR) is 117 cm³/mol. The molecule has 0 atom stereocenters. The van der Waals surface area contributed by atoms with E-state index in [1.807, 2.05) is 64.9 Å². The Bertz CT molecular complexity index is 1110. The average molecular weight is 423 g/mol. The van der Waals surface area contributed by atoms with Gasteiger partial charge in [-0.15, -0.1) is 21.5 Å². The molecule has 4 rings (SSSR count). The second-order valence-electron chi connectivity index (χ2n) is 6.76. The van der Waals surface area contributed by atoms with Crippen LogP contribution in [-0.2, 0) is 16.1 Å². The van der Waals surface area contributed by atoms with Gasteiger partial charge in [0.15, 0.2) is 0 Å². The van der Waals surface area contributed by atoms with E-state index < -0.39 is 0 Å². The molecular weight excluding hydrogens is 400 g/mol. The van der Waals surface area contributed by atoms with Crippen molar-refractivity contribution in [3.8, 4) is 10.8 Å². The lowest BCUT2D eigenvalue weighted by Gasteiger charge is -2.20. The highest BCUT2D eigenvalue weighted by atomic mass is 32.1. The Kier molecular flexibility index (Phi) is 6.48. The van der Waals surface area contributed by atoms with Gasteiger partial charge in [0, 0.05) is 24.7 Å². The second kappa shape index (κ2) is 9.62. The summed E-state index contributed by atoms with van der Waals surface area (Å²) < 4.78 is 11.0. The zero-order valence-electron chi connectivity index (χ0n) is 16.6. The molecule has 0 saturated heterocycles. The SMILES string of the molecule is COCCN(CC(=O)Nc1cccc2ccccc12)Cc1nnc(-c2cccs2)o1. The Balaban J connectivity index is 1.44. The fourth-order valence-electron chi connectivity index (χ4n) is 3.17. The number of benzene rings is 2. The lowest BCUT2D eigenvalue weighted by atomic mass is 10.1. The molecule has 0 fully saturated rings. The molecule has 4 aromatic rings. The van der Waals surface area contributed by atoms with Crippen LogP contribution in [0.15, 0.2) is 64.4 Å². The van der Waals surface area contributed by atoms with Gasteiger partial charge in [-0.1, -0.05) is 42.5 Å². The van der Waals surface area contributed by atoms with E-state index in [1.165, 1.54) is 0 Å². The molecule has 0 spiro atoms. The normalized spacial score (nSPS) is 11.3. The monoisotopic (exact) mass is 422 g/mol. The Morgan fingerprint density at radius 2 is 2.00 bits per heavy atom. The van der Waals surface area contributed by atoms with Gasteiger partial charge in [0.05, 0.1) is 24.6 Å². The molecule has 2 heterocycles. The van der Waals surface area contributed by atoms with Crippen LogP contribution in [0, 0.1) is 0 Å². The molecule has 1 N–H and O–H groups in total. The number of nitrogens with one attached hydrogen (secondary N) is 1. The predicted octanol–water partition coefficient (Wildman–Crippen LogP) is 4.04. The van der Waals surface area contributed by atoms with Gasteiger partial charge >= 0.3 is 0 Å². The summed E-state index contributed by atoms with van der Waals surface area (Å²) in [5, 5.41) is 15.3. The first-order valence-corrected chi connectivity index (χ1v) is 10.5. The van der Waals surface area contributed by atoms with E-state index in [1.54, 1.807) is 18.4 Å². The van der Waals surface area contributed by atoms with Crippen LogP contribution in [0.4, 0.5) is 5.69 Å². The van der Waals surface area contributed by atoms with Crippen molar-refractivity contribution in [1.29, 1.82) is 0 Å². The van der Waals surface area contributed by atoms with Gasteiger partial charge in [0.2, 0.25) is 11.8 Å². The Labute approximate surface area is 178 Å². The summed E-state index contributed by atoms with van der Waals surface area (Å²) in [6, 6.07) is 17.7. The molecule has 0 unspecified atom stereocenters. The third-order valence-corrected chi connectivity index (χ3v) is 5.46. The van der Waals surface area contributed by atoms with Gasteiger partial charge in [-0.05, 0) is 22.9 Å². The summed E-state index contributed by atoms with van der Waals surface area (Å²) in [5.74, 6) is 0.847. The Morgan fingerprint density at radius 1 is 1.13 bits per heavy atom. The van der Waals surface area contributed by atoms with Crippen molar-refractivity contribution in [2.45, 2.75) is 6.54 Å². The van der Waals surface area contributed by atoms with Crippen LogP contribution in [0.1, 0.15) is 5.89 Å². The molecule has 2 aromatic carbocycles. The maximum absolute atomic E-state index is 12.8. The van der Waals surface area contributed by atoms with Crippen molar-refractivity contribution < 1.29 is 13.9 Å². The number of hydrogen-bond donors (Lipinski definition) is 1. The molecule has 0 saturated carbocycles. The van der Waals surface area contributed by atoms with E-state index in [-0.39, 0.29) is 12.5 Å². The van der Waals surface area contributed by atoms with Gasteiger partial charge in [-0.3, -0.25) is 9.69 Å². The largest absolute Gasteiger partial charge is 0.419 e. The number of anilines is 1. The lowest BCUT2D eigenvalue weighted by molar-refractivity contribution is -0.117. The number of aromatic nitrogens is 2. The standard InChI is InChI=1S/C22H22N4O3S/c1-28-12-11-26(15-21-24-25-22(29-21)19-10-5-13-30-19)14-20(27)23-18-9-4-7-16-6-2-3-8-17(16)18/h2-10,13H,11-12,14-15H2,1H3,(H,23,27). The minimum atomic E-state index is -0.111. The number of hydrogen-bond acceptors (Lipinski definition) is 7. The highest BCUT2D eigenvalue weighted by Crippen LogP contribution is 2.24. The Hall–Kier alpha value is -3.07. The van der Waals surface area contributed by atoms with Crippen LogP contribution in [-0.4, -0.2) is 47.8 Å². The number of carbonyl (C=O) groups excluding carboxylic acids is 1. The van der Waals surface area contributed by atoms with Crippen LogP contribution in [0.3, 0.4) is 0 Å². The first-order valence-electron chi connectivity index (χ1n) is 9.58. The quantitative estimate of drug-likeness (QED) is 0.439. The van der Waals surface area contributed by atoms with E-state index in [4.69, 9.17) is 9.15 Å². The van der Waals surface area contributed by atoms with Crippen molar-refractivity contribution in [3.05, 3.63) is 65.9 Å². The zero-order chi connectivity index (χ0) is 20.8. The summed E-state index contributed by atoms with van der Waals surface area (Å²) in [6.45, 7) is 1.61. The Morgan fingerprint density at radius 3 is 2.83 bits per heavy atom. The molecule has 0 aliphatic heterocycles. The van der Waals surface area contributed by atoms with Crippen molar-refractivity contribution >= 4 is 33.7 Å². The van der Waals surface area contributed by atoms with Crippen LogP contribution in [0.25, 0.3) is 21.5 Å². The maximum atomic E-state index is 12.8. The van der Waals surface area contributed by atoms with Gasteiger partial charge in [0.25, 0.3) is 5.89 Å². The molecule has 0 aliphatic carbocycles. The summed E-state index contributed by atoms with van der Waals surface area (Å²) >= 11 is 1.54. The molecule has 0 bridgehead atoms. The highest BCUT2D eigenvalue weighted by Gasteiger charge is 2.17. The van der Waals surface area contributed by atoms with E-state index in [0.717, 1.165) is 21.3 Å². The summed E-state index contributed by atoms with van der Waals surface area (Å²) in [6.07, 6.45) is 0. The fraction of sp³-hybridized carbons (Fsp3) is 0.227. The van der Waals surface area contributed by atoms with Gasteiger partial charge < -0.3 is 14.5 Å². The van der Waals surface area contributed by atoms with E-state index >= 15 is 0 Å². The number of thiophene rings is 1. The first kappa shape index (κ1) is 20.2. The summed E-state index contributed by atoms with van der Waals surface area (Å²) in [5.41, 5.74) is 0.794. The topological polar surface area (TPSA) is 80.5 Å². The summed E-state index contributed by atoms with van der Waals surface area (Å²) in [4.78, 5) is 15.6. The molecular formula is C22H22N4O3S. The van der Waals surface area contributed by atoms with E-state index in [0.29, 0.717) is 31.5 Å². The van der Waals surface area contributed by atoms with Crippen molar-refractivity contribution in [2.24, 2.45) is 0 Å². The van der Waals surface area contributed by atoms with E-state index in [2.05, 4.69) is 15.5 Å². The molecule has 2 aromatic heterocycles.